The summed E-state index contributed by atoms with van der Waals surface area (Å²) >= 11 is 0. The van der Waals surface area contributed by atoms with Gasteiger partial charge in [0.05, 0.1) is 11.6 Å². The van der Waals surface area contributed by atoms with Crippen LogP contribution in [0.3, 0.4) is 0 Å². The van der Waals surface area contributed by atoms with Gasteiger partial charge in [0.1, 0.15) is 0 Å². The fourth-order valence-corrected chi connectivity index (χ4v) is 1.82. The number of hydrogen-bond donors (Lipinski definition) is 1. The van der Waals surface area contributed by atoms with Crippen LogP contribution in [0.1, 0.15) is 16.7 Å². The summed E-state index contributed by atoms with van der Waals surface area (Å²) in [6, 6.07) is 11.8. The van der Waals surface area contributed by atoms with Gasteiger partial charge >= 0.3 is 0 Å². The standard InChI is InChI=1S/C15H15N3/c1-12-9-14(10-16)4-5-15(12)18-8-6-13-3-2-7-17-11-13/h2-5,7,9,11,18H,6,8H2,1H3. The predicted molar refractivity (Wildman–Crippen MR) is 72.3 cm³/mol. The van der Waals surface area contributed by atoms with Crippen LogP contribution in [-0.4, -0.2) is 11.5 Å². The van der Waals surface area contributed by atoms with Crippen LogP contribution >= 0.6 is 0 Å². The highest BCUT2D eigenvalue weighted by Gasteiger charge is 1.99. The van der Waals surface area contributed by atoms with Gasteiger partial charge in [-0.2, -0.15) is 5.26 Å². The van der Waals surface area contributed by atoms with Crippen molar-refractivity contribution in [2.24, 2.45) is 0 Å². The molecule has 2 aromatic rings. The average Bonchev–Trinajstić information content (AvgIpc) is 2.42. The van der Waals surface area contributed by atoms with Gasteiger partial charge in [0, 0.05) is 24.6 Å². The van der Waals surface area contributed by atoms with Gasteiger partial charge in [-0.3, -0.25) is 4.98 Å². The highest BCUT2D eigenvalue weighted by Crippen LogP contribution is 2.16. The molecule has 0 aliphatic rings. The van der Waals surface area contributed by atoms with Crippen LogP contribution in [0, 0.1) is 18.3 Å². The lowest BCUT2D eigenvalue weighted by Gasteiger charge is -2.09. The normalized spacial score (nSPS) is 9.78. The summed E-state index contributed by atoms with van der Waals surface area (Å²) in [4.78, 5) is 4.09. The van der Waals surface area contributed by atoms with Crippen molar-refractivity contribution in [2.45, 2.75) is 13.3 Å². The third kappa shape index (κ3) is 3.08. The minimum atomic E-state index is 0.699. The van der Waals surface area contributed by atoms with Crippen molar-refractivity contribution >= 4 is 5.69 Å². The Kier molecular flexibility index (Phi) is 3.93. The molecule has 0 aliphatic heterocycles. The van der Waals surface area contributed by atoms with Crippen LogP contribution < -0.4 is 5.32 Å². The fourth-order valence-electron chi connectivity index (χ4n) is 1.82. The SMILES string of the molecule is Cc1cc(C#N)ccc1NCCc1cccnc1. The summed E-state index contributed by atoms with van der Waals surface area (Å²) in [6.45, 7) is 2.87. The van der Waals surface area contributed by atoms with E-state index >= 15 is 0 Å². The molecule has 1 aromatic carbocycles. The molecule has 18 heavy (non-hydrogen) atoms. The first-order valence-corrected chi connectivity index (χ1v) is 5.93. The zero-order valence-electron chi connectivity index (χ0n) is 10.4. The molecule has 0 saturated carbocycles. The van der Waals surface area contributed by atoms with Gasteiger partial charge in [-0.15, -0.1) is 0 Å². The second kappa shape index (κ2) is 5.83. The summed E-state index contributed by atoms with van der Waals surface area (Å²) in [7, 11) is 0. The molecule has 0 amide bonds. The predicted octanol–water partition coefficient (Wildman–Crippen LogP) is 2.92. The van der Waals surface area contributed by atoms with Gasteiger partial charge in [-0.25, -0.2) is 0 Å². The molecule has 0 aliphatic carbocycles. The Balaban J connectivity index is 1.93. The zero-order valence-corrected chi connectivity index (χ0v) is 10.4. The first-order chi connectivity index (χ1) is 8.79. The third-order valence-electron chi connectivity index (χ3n) is 2.81. The number of rotatable bonds is 4. The highest BCUT2D eigenvalue weighted by molar-refractivity contribution is 5.54. The van der Waals surface area contributed by atoms with E-state index in [4.69, 9.17) is 5.26 Å². The van der Waals surface area contributed by atoms with Crippen LogP contribution in [0.25, 0.3) is 0 Å². The molecule has 0 spiro atoms. The molecule has 1 heterocycles. The Hall–Kier alpha value is -2.34. The molecular weight excluding hydrogens is 222 g/mol. The lowest BCUT2D eigenvalue weighted by Crippen LogP contribution is -2.06. The van der Waals surface area contributed by atoms with E-state index in [1.54, 1.807) is 6.20 Å². The number of nitrogens with one attached hydrogen (secondary N) is 1. The topological polar surface area (TPSA) is 48.7 Å². The zero-order chi connectivity index (χ0) is 12.8. The second-order valence-electron chi connectivity index (χ2n) is 4.18. The Morgan fingerprint density at radius 2 is 2.22 bits per heavy atom. The average molecular weight is 237 g/mol. The summed E-state index contributed by atoms with van der Waals surface area (Å²) in [5, 5.41) is 12.2. The number of aromatic nitrogens is 1. The number of nitriles is 1. The first kappa shape index (κ1) is 12.1. The summed E-state index contributed by atoms with van der Waals surface area (Å²) < 4.78 is 0. The summed E-state index contributed by atoms with van der Waals surface area (Å²) in [5.74, 6) is 0. The maximum Gasteiger partial charge on any atom is 0.0991 e. The van der Waals surface area contributed by atoms with E-state index in [2.05, 4.69) is 22.4 Å². The third-order valence-corrected chi connectivity index (χ3v) is 2.81. The minimum Gasteiger partial charge on any atom is -0.384 e. The van der Waals surface area contributed by atoms with Crippen molar-refractivity contribution in [3.63, 3.8) is 0 Å². The van der Waals surface area contributed by atoms with Crippen molar-refractivity contribution in [2.75, 3.05) is 11.9 Å². The van der Waals surface area contributed by atoms with Crippen LogP contribution in [0.4, 0.5) is 5.69 Å². The van der Waals surface area contributed by atoms with Crippen molar-refractivity contribution in [1.29, 1.82) is 5.26 Å². The van der Waals surface area contributed by atoms with E-state index in [1.165, 1.54) is 5.56 Å². The number of nitrogens with zero attached hydrogens (tertiary/aromatic N) is 2. The summed E-state index contributed by atoms with van der Waals surface area (Å²) in [6.07, 6.45) is 4.60. The van der Waals surface area contributed by atoms with Crippen molar-refractivity contribution in [1.82, 2.24) is 4.98 Å². The van der Waals surface area contributed by atoms with Crippen molar-refractivity contribution in [3.8, 4) is 6.07 Å². The van der Waals surface area contributed by atoms with E-state index in [-0.39, 0.29) is 0 Å². The van der Waals surface area contributed by atoms with Crippen molar-refractivity contribution in [3.05, 3.63) is 59.4 Å². The molecular formula is C15H15N3. The van der Waals surface area contributed by atoms with Gasteiger partial charge in [-0.1, -0.05) is 6.07 Å². The van der Waals surface area contributed by atoms with Gasteiger partial charge in [0.15, 0.2) is 0 Å². The Bertz CT molecular complexity index is 556. The first-order valence-electron chi connectivity index (χ1n) is 5.93. The van der Waals surface area contributed by atoms with Crippen molar-refractivity contribution < 1.29 is 0 Å². The van der Waals surface area contributed by atoms with Crippen LogP contribution in [0.15, 0.2) is 42.7 Å². The number of benzene rings is 1. The van der Waals surface area contributed by atoms with Gasteiger partial charge in [0.25, 0.3) is 0 Å². The Morgan fingerprint density at radius 1 is 1.33 bits per heavy atom. The lowest BCUT2D eigenvalue weighted by atomic mass is 10.1. The molecule has 2 rings (SSSR count). The molecule has 0 atom stereocenters. The largest absolute Gasteiger partial charge is 0.384 e. The van der Waals surface area contributed by atoms with E-state index in [0.717, 1.165) is 24.2 Å². The quantitative estimate of drug-likeness (QED) is 0.889. The smallest absolute Gasteiger partial charge is 0.0991 e. The maximum atomic E-state index is 8.80. The molecule has 0 bridgehead atoms. The van der Waals surface area contributed by atoms with E-state index in [1.807, 2.05) is 37.4 Å². The van der Waals surface area contributed by atoms with E-state index < -0.39 is 0 Å². The molecule has 0 radical (unpaired) electrons. The molecule has 1 N–H and O–H groups in total. The number of aryl methyl sites for hydroxylation is 1. The maximum absolute atomic E-state index is 8.80. The van der Waals surface area contributed by atoms with Crippen LogP contribution in [0.5, 0.6) is 0 Å². The van der Waals surface area contributed by atoms with E-state index in [9.17, 15) is 0 Å². The molecule has 90 valence electrons. The summed E-state index contributed by atoms with van der Waals surface area (Å²) in [5.41, 5.74) is 4.10. The molecule has 1 aromatic heterocycles. The van der Waals surface area contributed by atoms with Gasteiger partial charge in [0.2, 0.25) is 0 Å². The van der Waals surface area contributed by atoms with Crippen LogP contribution in [0.2, 0.25) is 0 Å². The number of hydrogen-bond acceptors (Lipinski definition) is 3. The monoisotopic (exact) mass is 237 g/mol. The number of anilines is 1. The Morgan fingerprint density at radius 3 is 2.89 bits per heavy atom. The fraction of sp³-hybridized carbons (Fsp3) is 0.200. The minimum absolute atomic E-state index is 0.699. The van der Waals surface area contributed by atoms with Crippen LogP contribution in [-0.2, 0) is 6.42 Å². The van der Waals surface area contributed by atoms with Gasteiger partial charge in [-0.05, 0) is 48.7 Å². The number of pyridine rings is 1. The van der Waals surface area contributed by atoms with Gasteiger partial charge < -0.3 is 5.32 Å². The highest BCUT2D eigenvalue weighted by atomic mass is 14.9. The van der Waals surface area contributed by atoms with E-state index in [0.29, 0.717) is 5.56 Å². The Labute approximate surface area is 107 Å². The lowest BCUT2D eigenvalue weighted by molar-refractivity contribution is 1.00. The molecule has 3 nitrogen and oxygen atoms in total. The molecule has 0 fully saturated rings. The molecule has 0 saturated heterocycles. The molecule has 3 heteroatoms. The second-order valence-corrected chi connectivity index (χ2v) is 4.18. The molecule has 0 unspecified atom stereocenters.